The van der Waals surface area contributed by atoms with Crippen LogP contribution in [0.25, 0.3) is 0 Å². The summed E-state index contributed by atoms with van der Waals surface area (Å²) in [6.07, 6.45) is 0.207. The van der Waals surface area contributed by atoms with Crippen molar-refractivity contribution in [3.05, 3.63) is 0 Å². The Hall–Kier alpha value is -1.92. The Morgan fingerprint density at radius 1 is 1.22 bits per heavy atom. The molecule has 1 aliphatic heterocycles. The van der Waals surface area contributed by atoms with Crippen LogP contribution < -0.4 is 0 Å². The summed E-state index contributed by atoms with van der Waals surface area (Å²) in [5.74, 6) is -0.595. The molecule has 7 heteroatoms. The Morgan fingerprint density at radius 2 is 1.83 bits per heavy atom. The van der Waals surface area contributed by atoms with Gasteiger partial charge in [0.05, 0.1) is 13.0 Å². The fourth-order valence-corrected chi connectivity index (χ4v) is 1.45. The fraction of sp³-hybridized carbons (Fsp3) is 0.636. The van der Waals surface area contributed by atoms with Crippen molar-refractivity contribution in [1.82, 2.24) is 14.8 Å². The topological polar surface area (TPSA) is 73.3 Å². The van der Waals surface area contributed by atoms with E-state index in [-0.39, 0.29) is 42.8 Å². The van der Waals surface area contributed by atoms with Crippen LogP contribution in [-0.2, 0) is 14.4 Å². The molecule has 0 aromatic heterocycles. The quantitative estimate of drug-likeness (QED) is 0.655. The lowest BCUT2D eigenvalue weighted by Crippen LogP contribution is -2.29. The normalized spacial score (nSPS) is 14.6. The number of rotatable bonds is 4. The highest BCUT2D eigenvalue weighted by atomic mass is 16.2. The minimum Gasteiger partial charge on any atom is -0.349 e. The SMILES string of the molecule is CN(C)C(=O)CCN1N=C(C(=O)N(C)C)CC1=O. The summed E-state index contributed by atoms with van der Waals surface area (Å²) in [5, 5.41) is 5.15. The highest BCUT2D eigenvalue weighted by Crippen LogP contribution is 2.10. The summed E-state index contributed by atoms with van der Waals surface area (Å²) < 4.78 is 0. The van der Waals surface area contributed by atoms with Crippen molar-refractivity contribution in [2.24, 2.45) is 5.10 Å². The van der Waals surface area contributed by atoms with Crippen molar-refractivity contribution < 1.29 is 14.4 Å². The van der Waals surface area contributed by atoms with E-state index in [0.29, 0.717) is 0 Å². The number of hydrazone groups is 1. The van der Waals surface area contributed by atoms with Crippen LogP contribution in [0.15, 0.2) is 5.10 Å². The van der Waals surface area contributed by atoms with Crippen LogP contribution >= 0.6 is 0 Å². The lowest BCUT2D eigenvalue weighted by molar-refractivity contribution is -0.132. The van der Waals surface area contributed by atoms with E-state index >= 15 is 0 Å². The van der Waals surface area contributed by atoms with Crippen LogP contribution in [0.3, 0.4) is 0 Å². The molecule has 100 valence electrons. The van der Waals surface area contributed by atoms with Crippen molar-refractivity contribution >= 4 is 23.4 Å². The first-order valence-electron chi connectivity index (χ1n) is 5.62. The van der Waals surface area contributed by atoms with Gasteiger partial charge in [-0.15, -0.1) is 0 Å². The monoisotopic (exact) mass is 254 g/mol. The van der Waals surface area contributed by atoms with Gasteiger partial charge in [-0.2, -0.15) is 5.10 Å². The predicted octanol–water partition coefficient (Wildman–Crippen LogP) is -0.859. The second-order valence-electron chi connectivity index (χ2n) is 4.48. The molecule has 3 amide bonds. The minimum absolute atomic E-state index is 0.00711. The second kappa shape index (κ2) is 5.61. The molecule has 1 heterocycles. The predicted molar refractivity (Wildman–Crippen MR) is 65.8 cm³/mol. The number of hydrogen-bond donors (Lipinski definition) is 0. The van der Waals surface area contributed by atoms with E-state index in [1.54, 1.807) is 28.2 Å². The third kappa shape index (κ3) is 3.28. The Morgan fingerprint density at radius 3 is 2.33 bits per heavy atom. The van der Waals surface area contributed by atoms with Gasteiger partial charge in [0.15, 0.2) is 0 Å². The minimum atomic E-state index is -0.273. The van der Waals surface area contributed by atoms with Gasteiger partial charge >= 0.3 is 0 Å². The van der Waals surface area contributed by atoms with Gasteiger partial charge in [-0.3, -0.25) is 14.4 Å². The number of nitrogens with zero attached hydrogens (tertiary/aromatic N) is 4. The summed E-state index contributed by atoms with van der Waals surface area (Å²) >= 11 is 0. The van der Waals surface area contributed by atoms with Gasteiger partial charge in [-0.05, 0) is 0 Å². The average molecular weight is 254 g/mol. The van der Waals surface area contributed by atoms with E-state index in [9.17, 15) is 14.4 Å². The van der Waals surface area contributed by atoms with Crippen LogP contribution in [0.4, 0.5) is 0 Å². The van der Waals surface area contributed by atoms with Crippen molar-refractivity contribution in [1.29, 1.82) is 0 Å². The molecule has 0 aromatic rings. The van der Waals surface area contributed by atoms with Crippen LogP contribution in [0.5, 0.6) is 0 Å². The lowest BCUT2D eigenvalue weighted by atomic mass is 10.2. The van der Waals surface area contributed by atoms with Crippen molar-refractivity contribution in [2.75, 3.05) is 34.7 Å². The molecule has 0 atom stereocenters. The highest BCUT2D eigenvalue weighted by molar-refractivity contribution is 6.42. The number of carbonyl (C=O) groups excluding carboxylic acids is 3. The number of hydrogen-bond acceptors (Lipinski definition) is 4. The maximum absolute atomic E-state index is 11.6. The standard InChI is InChI=1S/C11H18N4O3/c1-13(2)9(16)5-6-15-10(17)7-8(12-15)11(18)14(3)4/h5-7H2,1-4H3. The van der Waals surface area contributed by atoms with E-state index < -0.39 is 0 Å². The molecule has 0 bridgehead atoms. The molecule has 0 spiro atoms. The smallest absolute Gasteiger partial charge is 0.270 e. The summed E-state index contributed by atoms with van der Waals surface area (Å²) in [4.78, 5) is 37.5. The summed E-state index contributed by atoms with van der Waals surface area (Å²) in [6.45, 7) is 0.208. The molecule has 7 nitrogen and oxygen atoms in total. The largest absolute Gasteiger partial charge is 0.349 e. The molecular formula is C11H18N4O3. The molecule has 0 saturated carbocycles. The molecule has 0 aromatic carbocycles. The van der Waals surface area contributed by atoms with Gasteiger partial charge in [0.25, 0.3) is 5.91 Å². The molecule has 18 heavy (non-hydrogen) atoms. The van der Waals surface area contributed by atoms with Gasteiger partial charge in [0, 0.05) is 34.6 Å². The van der Waals surface area contributed by atoms with Crippen molar-refractivity contribution in [3.8, 4) is 0 Å². The van der Waals surface area contributed by atoms with E-state index in [2.05, 4.69) is 5.10 Å². The maximum Gasteiger partial charge on any atom is 0.270 e. The number of amides is 3. The van der Waals surface area contributed by atoms with Crippen LogP contribution in [-0.4, -0.2) is 73.0 Å². The second-order valence-corrected chi connectivity index (χ2v) is 4.48. The highest BCUT2D eigenvalue weighted by Gasteiger charge is 2.29. The van der Waals surface area contributed by atoms with E-state index in [0.717, 1.165) is 0 Å². The molecule has 0 unspecified atom stereocenters. The van der Waals surface area contributed by atoms with Crippen LogP contribution in [0.1, 0.15) is 12.8 Å². The third-order valence-electron chi connectivity index (χ3n) is 2.54. The molecule has 0 N–H and O–H groups in total. The lowest BCUT2D eigenvalue weighted by Gasteiger charge is -2.14. The first kappa shape index (κ1) is 14.1. The van der Waals surface area contributed by atoms with Gasteiger partial charge < -0.3 is 9.80 Å². The first-order valence-corrected chi connectivity index (χ1v) is 5.62. The molecular weight excluding hydrogens is 236 g/mol. The van der Waals surface area contributed by atoms with Gasteiger partial charge in [-0.25, -0.2) is 5.01 Å². The Balaban J connectivity index is 2.60. The molecule has 0 radical (unpaired) electrons. The number of carbonyl (C=O) groups is 3. The maximum atomic E-state index is 11.6. The van der Waals surface area contributed by atoms with Crippen LogP contribution in [0.2, 0.25) is 0 Å². The molecule has 1 rings (SSSR count). The zero-order valence-electron chi connectivity index (χ0n) is 11.1. The fourth-order valence-electron chi connectivity index (χ4n) is 1.45. The van der Waals surface area contributed by atoms with E-state index in [1.165, 1.54) is 14.8 Å². The van der Waals surface area contributed by atoms with Crippen molar-refractivity contribution in [2.45, 2.75) is 12.8 Å². The molecule has 1 aliphatic rings. The van der Waals surface area contributed by atoms with Crippen molar-refractivity contribution in [3.63, 3.8) is 0 Å². The summed E-state index contributed by atoms with van der Waals surface area (Å²) in [5.41, 5.74) is 0.224. The zero-order valence-corrected chi connectivity index (χ0v) is 11.1. The Labute approximate surface area is 106 Å². The summed E-state index contributed by atoms with van der Waals surface area (Å²) in [6, 6.07) is 0. The van der Waals surface area contributed by atoms with Crippen LogP contribution in [0, 0.1) is 0 Å². The zero-order chi connectivity index (χ0) is 13.9. The van der Waals surface area contributed by atoms with Gasteiger partial charge in [-0.1, -0.05) is 0 Å². The molecule has 0 fully saturated rings. The Bertz CT molecular complexity index is 401. The summed E-state index contributed by atoms with van der Waals surface area (Å²) in [7, 11) is 6.51. The third-order valence-corrected chi connectivity index (χ3v) is 2.54. The molecule has 0 saturated heterocycles. The van der Waals surface area contributed by atoms with E-state index in [4.69, 9.17) is 0 Å². The Kier molecular flexibility index (Phi) is 4.41. The van der Waals surface area contributed by atoms with E-state index in [1.807, 2.05) is 0 Å². The molecule has 0 aliphatic carbocycles. The first-order chi connectivity index (χ1) is 8.32. The average Bonchev–Trinajstić information content (AvgIpc) is 2.66. The van der Waals surface area contributed by atoms with Gasteiger partial charge in [0.2, 0.25) is 11.8 Å². The van der Waals surface area contributed by atoms with Gasteiger partial charge in [0.1, 0.15) is 5.71 Å².